The third-order valence-electron chi connectivity index (χ3n) is 2.45. The normalized spacial score (nSPS) is 15.2. The van der Waals surface area contributed by atoms with Crippen LogP contribution in [0.2, 0.25) is 0 Å². The van der Waals surface area contributed by atoms with Crippen LogP contribution >= 0.6 is 0 Å². The summed E-state index contributed by atoms with van der Waals surface area (Å²) in [6, 6.07) is 9.62. The summed E-state index contributed by atoms with van der Waals surface area (Å²) in [6.07, 6.45) is -0.365. The monoisotopic (exact) mass is 221 g/mol. The second-order valence-corrected chi connectivity index (χ2v) is 3.85. The second kappa shape index (κ2) is 5.51. The number of carbonyl (C=O) groups is 1. The third-order valence-corrected chi connectivity index (χ3v) is 2.45. The van der Waals surface area contributed by atoms with Gasteiger partial charge in [0.2, 0.25) is 0 Å². The van der Waals surface area contributed by atoms with E-state index in [0.29, 0.717) is 19.1 Å². The molecule has 2 rings (SSSR count). The van der Waals surface area contributed by atoms with Gasteiger partial charge in [-0.3, -0.25) is 0 Å². The van der Waals surface area contributed by atoms with E-state index in [4.69, 9.17) is 9.47 Å². The molecule has 1 amide bonds. The number of nitrogens with one attached hydrogen (secondary N) is 1. The first kappa shape index (κ1) is 11.0. The van der Waals surface area contributed by atoms with Gasteiger partial charge in [0.25, 0.3) is 0 Å². The van der Waals surface area contributed by atoms with Crippen LogP contribution in [-0.2, 0) is 16.1 Å². The Hall–Kier alpha value is -1.55. The number of ether oxygens (including phenoxy) is 2. The van der Waals surface area contributed by atoms with Gasteiger partial charge in [0, 0.05) is 12.5 Å². The maximum atomic E-state index is 11.3. The van der Waals surface area contributed by atoms with Crippen molar-refractivity contribution in [2.75, 3.05) is 19.8 Å². The van der Waals surface area contributed by atoms with E-state index < -0.39 is 0 Å². The van der Waals surface area contributed by atoms with Crippen molar-refractivity contribution in [3.05, 3.63) is 35.9 Å². The first-order valence-electron chi connectivity index (χ1n) is 5.37. The first-order valence-corrected chi connectivity index (χ1v) is 5.37. The van der Waals surface area contributed by atoms with Gasteiger partial charge in [-0.2, -0.15) is 0 Å². The summed E-state index contributed by atoms with van der Waals surface area (Å²) in [5, 5.41) is 2.71. The molecule has 1 aliphatic rings. The number of hydrogen-bond donors (Lipinski definition) is 1. The van der Waals surface area contributed by atoms with Crippen molar-refractivity contribution in [3.63, 3.8) is 0 Å². The molecule has 1 aliphatic heterocycles. The molecule has 1 saturated heterocycles. The van der Waals surface area contributed by atoms with Crippen LogP contribution in [0.5, 0.6) is 0 Å². The molecule has 1 aromatic carbocycles. The van der Waals surface area contributed by atoms with Crippen LogP contribution in [0.3, 0.4) is 0 Å². The van der Waals surface area contributed by atoms with Gasteiger partial charge in [0.15, 0.2) is 0 Å². The van der Waals surface area contributed by atoms with Gasteiger partial charge < -0.3 is 14.8 Å². The molecule has 0 radical (unpaired) electrons. The van der Waals surface area contributed by atoms with Gasteiger partial charge in [0.1, 0.15) is 6.61 Å². The molecule has 86 valence electrons. The predicted molar refractivity (Wildman–Crippen MR) is 58.9 cm³/mol. The maximum absolute atomic E-state index is 11.3. The zero-order valence-corrected chi connectivity index (χ0v) is 9.02. The predicted octanol–water partition coefficient (Wildman–Crippen LogP) is 1.56. The Labute approximate surface area is 94.6 Å². The minimum Gasteiger partial charge on any atom is -0.445 e. The molecule has 0 atom stereocenters. The Morgan fingerprint density at radius 2 is 2.12 bits per heavy atom. The van der Waals surface area contributed by atoms with Gasteiger partial charge in [-0.15, -0.1) is 0 Å². The van der Waals surface area contributed by atoms with Gasteiger partial charge in [0.05, 0.1) is 13.2 Å². The Kier molecular flexibility index (Phi) is 3.77. The topological polar surface area (TPSA) is 47.6 Å². The highest BCUT2D eigenvalue weighted by molar-refractivity contribution is 5.67. The largest absolute Gasteiger partial charge is 0.445 e. The summed E-state index contributed by atoms with van der Waals surface area (Å²) in [6.45, 7) is 2.42. The lowest BCUT2D eigenvalue weighted by atomic mass is 10.1. The molecule has 4 nitrogen and oxygen atoms in total. The van der Waals surface area contributed by atoms with Gasteiger partial charge in [-0.1, -0.05) is 30.3 Å². The van der Waals surface area contributed by atoms with Crippen LogP contribution in [-0.4, -0.2) is 25.9 Å². The molecule has 0 bridgehead atoms. The summed E-state index contributed by atoms with van der Waals surface area (Å²) in [4.78, 5) is 11.3. The fourth-order valence-corrected chi connectivity index (χ4v) is 1.40. The third kappa shape index (κ3) is 3.24. The molecule has 0 spiro atoms. The molecule has 0 saturated carbocycles. The fraction of sp³-hybridized carbons (Fsp3) is 0.417. The van der Waals surface area contributed by atoms with Crippen molar-refractivity contribution in [1.82, 2.24) is 5.32 Å². The number of carbonyl (C=O) groups excluding carboxylic acids is 1. The average molecular weight is 221 g/mol. The van der Waals surface area contributed by atoms with E-state index in [0.717, 1.165) is 18.8 Å². The van der Waals surface area contributed by atoms with Gasteiger partial charge >= 0.3 is 6.09 Å². The quantitative estimate of drug-likeness (QED) is 0.839. The molecule has 0 aliphatic carbocycles. The van der Waals surface area contributed by atoms with Crippen LogP contribution in [0.1, 0.15) is 5.56 Å². The minimum atomic E-state index is -0.365. The summed E-state index contributed by atoms with van der Waals surface area (Å²) in [7, 11) is 0. The maximum Gasteiger partial charge on any atom is 0.407 e. The van der Waals surface area contributed by atoms with E-state index in [1.54, 1.807) is 0 Å². The zero-order chi connectivity index (χ0) is 11.2. The van der Waals surface area contributed by atoms with E-state index in [9.17, 15) is 4.79 Å². The molecule has 1 heterocycles. The van der Waals surface area contributed by atoms with E-state index in [1.165, 1.54) is 0 Å². The van der Waals surface area contributed by atoms with Gasteiger partial charge in [-0.05, 0) is 5.56 Å². The van der Waals surface area contributed by atoms with Crippen LogP contribution in [0, 0.1) is 5.92 Å². The highest BCUT2D eigenvalue weighted by Gasteiger charge is 2.18. The molecular weight excluding hydrogens is 206 g/mol. The Bertz CT molecular complexity index is 335. The summed E-state index contributed by atoms with van der Waals surface area (Å²) in [5.41, 5.74) is 0.990. The number of alkyl carbamates (subject to hydrolysis) is 1. The van der Waals surface area contributed by atoms with Crippen molar-refractivity contribution in [1.29, 1.82) is 0 Å². The Balaban J connectivity index is 1.63. The van der Waals surface area contributed by atoms with E-state index >= 15 is 0 Å². The van der Waals surface area contributed by atoms with Crippen LogP contribution in [0.25, 0.3) is 0 Å². The van der Waals surface area contributed by atoms with Crippen molar-refractivity contribution in [2.45, 2.75) is 6.61 Å². The fourth-order valence-electron chi connectivity index (χ4n) is 1.40. The first-order chi connectivity index (χ1) is 7.84. The molecule has 1 aromatic rings. The van der Waals surface area contributed by atoms with E-state index in [-0.39, 0.29) is 6.09 Å². The number of hydrogen-bond acceptors (Lipinski definition) is 3. The van der Waals surface area contributed by atoms with Crippen LogP contribution in [0.15, 0.2) is 30.3 Å². The van der Waals surface area contributed by atoms with E-state index in [1.807, 2.05) is 30.3 Å². The highest BCUT2D eigenvalue weighted by atomic mass is 16.5. The number of amides is 1. The average Bonchev–Trinajstić information content (AvgIpc) is 2.26. The van der Waals surface area contributed by atoms with Crippen molar-refractivity contribution < 1.29 is 14.3 Å². The van der Waals surface area contributed by atoms with Crippen molar-refractivity contribution in [2.24, 2.45) is 5.92 Å². The molecular formula is C12H15NO3. The molecule has 16 heavy (non-hydrogen) atoms. The smallest absolute Gasteiger partial charge is 0.407 e. The standard InChI is InChI=1S/C12H15NO3/c14-12(13-6-11-7-15-8-11)16-9-10-4-2-1-3-5-10/h1-5,11H,6-9H2,(H,13,14). The molecule has 0 aromatic heterocycles. The number of benzene rings is 1. The SMILES string of the molecule is O=C(NCC1COC1)OCc1ccccc1. The summed E-state index contributed by atoms with van der Waals surface area (Å²) < 4.78 is 10.1. The van der Waals surface area contributed by atoms with Crippen LogP contribution < -0.4 is 5.32 Å². The Morgan fingerprint density at radius 3 is 2.75 bits per heavy atom. The van der Waals surface area contributed by atoms with Crippen LogP contribution in [0.4, 0.5) is 4.79 Å². The Morgan fingerprint density at radius 1 is 1.38 bits per heavy atom. The lowest BCUT2D eigenvalue weighted by Gasteiger charge is -2.25. The molecule has 4 heteroatoms. The second-order valence-electron chi connectivity index (χ2n) is 3.85. The zero-order valence-electron chi connectivity index (χ0n) is 9.02. The van der Waals surface area contributed by atoms with Gasteiger partial charge in [-0.25, -0.2) is 4.79 Å². The highest BCUT2D eigenvalue weighted by Crippen LogP contribution is 2.07. The molecule has 1 N–H and O–H groups in total. The molecule has 0 unspecified atom stereocenters. The number of rotatable bonds is 4. The minimum absolute atomic E-state index is 0.313. The van der Waals surface area contributed by atoms with Crippen molar-refractivity contribution in [3.8, 4) is 0 Å². The lowest BCUT2D eigenvalue weighted by Crippen LogP contribution is -2.39. The summed E-state index contributed by atoms with van der Waals surface area (Å²) >= 11 is 0. The molecule has 1 fully saturated rings. The lowest BCUT2D eigenvalue weighted by molar-refractivity contribution is -0.0304. The van der Waals surface area contributed by atoms with Crippen molar-refractivity contribution >= 4 is 6.09 Å². The van der Waals surface area contributed by atoms with E-state index in [2.05, 4.69) is 5.32 Å². The summed E-state index contributed by atoms with van der Waals surface area (Å²) in [5.74, 6) is 0.448.